The first-order chi connectivity index (χ1) is 12.0. The van der Waals surface area contributed by atoms with Crippen LogP contribution in [-0.2, 0) is 11.8 Å². The molecule has 0 spiro atoms. The molecule has 2 atom stereocenters. The molecule has 1 N–H and O–H groups in total. The van der Waals surface area contributed by atoms with Crippen molar-refractivity contribution in [2.45, 2.75) is 19.1 Å². The number of morpholine rings is 1. The van der Waals surface area contributed by atoms with Crippen molar-refractivity contribution < 1.29 is 14.6 Å². The summed E-state index contributed by atoms with van der Waals surface area (Å²) in [6.45, 7) is 2.31. The number of nitrogens with zero attached hydrogens (tertiary/aromatic N) is 2. The molecule has 3 rings (SSSR count). The van der Waals surface area contributed by atoms with Gasteiger partial charge in [-0.05, 0) is 24.6 Å². The third kappa shape index (κ3) is 3.23. The lowest BCUT2D eigenvalue weighted by atomic mass is 9.97. The fourth-order valence-electron chi connectivity index (χ4n) is 3.20. The minimum Gasteiger partial charge on any atom is -0.394 e. The number of rotatable bonds is 3. The number of aryl methyl sites for hydroxylation is 1. The zero-order chi connectivity index (χ0) is 18.0. The largest absolute Gasteiger partial charge is 0.394 e. The van der Waals surface area contributed by atoms with E-state index in [1.54, 1.807) is 24.1 Å². The summed E-state index contributed by atoms with van der Waals surface area (Å²) in [6.07, 6.45) is -0.519. The average Bonchev–Trinajstić information content (AvgIpc) is 2.65. The molecule has 0 bridgehead atoms. The molecule has 2 aromatic rings. The molecular weight excluding hydrogens is 320 g/mol. The van der Waals surface area contributed by atoms with Crippen LogP contribution in [0.4, 0.5) is 0 Å². The first-order valence-electron chi connectivity index (χ1n) is 8.29. The molecular formula is C19H22N2O4. The monoisotopic (exact) mass is 342 g/mol. The molecule has 25 heavy (non-hydrogen) atoms. The molecule has 1 aromatic heterocycles. The van der Waals surface area contributed by atoms with Crippen molar-refractivity contribution in [3.63, 3.8) is 0 Å². The van der Waals surface area contributed by atoms with Crippen LogP contribution >= 0.6 is 0 Å². The van der Waals surface area contributed by atoms with E-state index in [9.17, 15) is 14.7 Å². The van der Waals surface area contributed by atoms with Gasteiger partial charge < -0.3 is 19.3 Å². The van der Waals surface area contributed by atoms with Gasteiger partial charge in [0.1, 0.15) is 11.7 Å². The number of hydrogen-bond donors (Lipinski definition) is 1. The Hall–Kier alpha value is -2.44. The zero-order valence-corrected chi connectivity index (χ0v) is 14.4. The molecule has 1 saturated heterocycles. The number of carbonyl (C=O) groups is 1. The quantitative estimate of drug-likeness (QED) is 0.912. The van der Waals surface area contributed by atoms with Crippen molar-refractivity contribution >= 4 is 5.91 Å². The van der Waals surface area contributed by atoms with Gasteiger partial charge in [0, 0.05) is 19.3 Å². The van der Waals surface area contributed by atoms with Gasteiger partial charge in [0.25, 0.3) is 11.5 Å². The summed E-state index contributed by atoms with van der Waals surface area (Å²) < 4.78 is 7.12. The Morgan fingerprint density at radius 3 is 2.64 bits per heavy atom. The van der Waals surface area contributed by atoms with Gasteiger partial charge in [-0.2, -0.15) is 0 Å². The number of benzene rings is 1. The van der Waals surface area contributed by atoms with E-state index >= 15 is 0 Å². The number of carbonyl (C=O) groups excluding carboxylic acids is 1. The molecule has 0 unspecified atom stereocenters. The first-order valence-corrected chi connectivity index (χ1v) is 8.29. The van der Waals surface area contributed by atoms with Crippen molar-refractivity contribution in [1.29, 1.82) is 0 Å². The molecule has 1 aliphatic rings. The second kappa shape index (κ2) is 7.21. The molecule has 0 aliphatic carbocycles. The second-order valence-corrected chi connectivity index (χ2v) is 6.20. The lowest BCUT2D eigenvalue weighted by molar-refractivity contribution is -0.0811. The molecule has 1 amide bonds. The zero-order valence-electron chi connectivity index (χ0n) is 14.4. The highest BCUT2D eigenvalue weighted by Crippen LogP contribution is 2.30. The average molecular weight is 342 g/mol. The van der Waals surface area contributed by atoms with Crippen LogP contribution in [0.3, 0.4) is 0 Å². The molecule has 6 heteroatoms. The topological polar surface area (TPSA) is 71.8 Å². The van der Waals surface area contributed by atoms with E-state index in [0.717, 1.165) is 11.3 Å². The van der Waals surface area contributed by atoms with Crippen LogP contribution in [0.5, 0.6) is 0 Å². The number of aliphatic hydroxyl groups excluding tert-OH is 1. The summed E-state index contributed by atoms with van der Waals surface area (Å²) in [5.74, 6) is -0.337. The Morgan fingerprint density at radius 2 is 1.96 bits per heavy atom. The Kier molecular flexibility index (Phi) is 5.01. The van der Waals surface area contributed by atoms with Crippen molar-refractivity contribution in [1.82, 2.24) is 9.47 Å². The standard InChI is InChI=1S/C19H22N2O4/c1-13-8-9-15(18(23)20(13)2)19(24)21-10-11-25-16(12-22)17(21)14-6-4-3-5-7-14/h3-9,16-17,22H,10-12H2,1-2H3/t16-,17-/m1/s1. The summed E-state index contributed by atoms with van der Waals surface area (Å²) >= 11 is 0. The SMILES string of the molecule is Cc1ccc(C(=O)N2CCO[C@H](CO)[C@H]2c2ccccc2)c(=O)n1C. The third-order valence-corrected chi connectivity index (χ3v) is 4.72. The highest BCUT2D eigenvalue weighted by molar-refractivity contribution is 5.94. The van der Waals surface area contributed by atoms with E-state index in [0.29, 0.717) is 13.2 Å². The minimum atomic E-state index is -0.519. The normalized spacial score (nSPS) is 20.5. The molecule has 2 heterocycles. The van der Waals surface area contributed by atoms with Gasteiger partial charge in [-0.25, -0.2) is 0 Å². The molecule has 0 saturated carbocycles. The second-order valence-electron chi connectivity index (χ2n) is 6.20. The summed E-state index contributed by atoms with van der Waals surface area (Å²) in [6, 6.07) is 12.4. The number of aromatic nitrogens is 1. The van der Waals surface area contributed by atoms with Crippen LogP contribution in [0.2, 0.25) is 0 Å². The number of ether oxygens (including phenoxy) is 1. The van der Waals surface area contributed by atoms with Crippen LogP contribution in [0.15, 0.2) is 47.3 Å². The Bertz CT molecular complexity index is 816. The minimum absolute atomic E-state index is 0.132. The molecule has 0 radical (unpaired) electrons. The summed E-state index contributed by atoms with van der Waals surface area (Å²) in [5.41, 5.74) is 1.48. The summed E-state index contributed by atoms with van der Waals surface area (Å²) in [5, 5.41) is 9.70. The van der Waals surface area contributed by atoms with Gasteiger partial charge in [0.05, 0.1) is 19.3 Å². The summed E-state index contributed by atoms with van der Waals surface area (Å²) in [4.78, 5) is 27.2. The van der Waals surface area contributed by atoms with Gasteiger partial charge in [-0.3, -0.25) is 9.59 Å². The summed E-state index contributed by atoms with van der Waals surface area (Å²) in [7, 11) is 1.65. The van der Waals surface area contributed by atoms with Gasteiger partial charge in [0.15, 0.2) is 0 Å². The maximum atomic E-state index is 13.1. The van der Waals surface area contributed by atoms with Crippen molar-refractivity contribution in [3.8, 4) is 0 Å². The van der Waals surface area contributed by atoms with Gasteiger partial charge >= 0.3 is 0 Å². The maximum Gasteiger partial charge on any atom is 0.263 e. The van der Waals surface area contributed by atoms with E-state index in [1.165, 1.54) is 4.57 Å². The van der Waals surface area contributed by atoms with E-state index in [-0.39, 0.29) is 23.6 Å². The van der Waals surface area contributed by atoms with E-state index in [4.69, 9.17) is 4.74 Å². The Morgan fingerprint density at radius 1 is 1.24 bits per heavy atom. The van der Waals surface area contributed by atoms with Gasteiger partial charge in [-0.15, -0.1) is 0 Å². The Labute approximate surface area is 146 Å². The highest BCUT2D eigenvalue weighted by atomic mass is 16.5. The number of aliphatic hydroxyl groups is 1. The number of amides is 1. The van der Waals surface area contributed by atoms with Crippen molar-refractivity contribution in [3.05, 3.63) is 69.6 Å². The molecule has 6 nitrogen and oxygen atoms in total. The van der Waals surface area contributed by atoms with Gasteiger partial charge in [-0.1, -0.05) is 30.3 Å². The van der Waals surface area contributed by atoms with Crippen LogP contribution < -0.4 is 5.56 Å². The van der Waals surface area contributed by atoms with Crippen molar-refractivity contribution in [2.24, 2.45) is 7.05 Å². The number of pyridine rings is 1. The first kappa shape index (κ1) is 17.4. The lowest BCUT2D eigenvalue weighted by Crippen LogP contribution is -2.50. The Balaban J connectivity index is 2.02. The maximum absolute atomic E-state index is 13.1. The molecule has 1 fully saturated rings. The molecule has 1 aliphatic heterocycles. The predicted molar refractivity (Wildman–Crippen MR) is 93.5 cm³/mol. The van der Waals surface area contributed by atoms with Crippen LogP contribution in [0, 0.1) is 6.92 Å². The van der Waals surface area contributed by atoms with E-state index in [2.05, 4.69) is 0 Å². The van der Waals surface area contributed by atoms with E-state index in [1.807, 2.05) is 37.3 Å². The smallest absolute Gasteiger partial charge is 0.263 e. The lowest BCUT2D eigenvalue weighted by Gasteiger charge is -2.40. The molecule has 132 valence electrons. The van der Waals surface area contributed by atoms with Crippen LogP contribution in [-0.4, -0.2) is 46.3 Å². The van der Waals surface area contributed by atoms with Crippen LogP contribution in [0.25, 0.3) is 0 Å². The van der Waals surface area contributed by atoms with E-state index < -0.39 is 12.1 Å². The third-order valence-electron chi connectivity index (χ3n) is 4.72. The highest BCUT2D eigenvalue weighted by Gasteiger charge is 2.37. The number of hydrogen-bond acceptors (Lipinski definition) is 4. The fourth-order valence-corrected chi connectivity index (χ4v) is 3.20. The van der Waals surface area contributed by atoms with Gasteiger partial charge in [0.2, 0.25) is 0 Å². The predicted octanol–water partition coefficient (Wildman–Crippen LogP) is 1.27. The fraction of sp³-hybridized carbons (Fsp3) is 0.368. The van der Waals surface area contributed by atoms with Crippen molar-refractivity contribution in [2.75, 3.05) is 19.8 Å². The molecule has 1 aromatic carbocycles. The van der Waals surface area contributed by atoms with Crippen LogP contribution in [0.1, 0.15) is 27.7 Å².